The summed E-state index contributed by atoms with van der Waals surface area (Å²) in [4.78, 5) is 12.3. The number of nitrogens with one attached hydrogen (secondary N) is 1. The number of benzene rings is 2. The normalized spacial score (nSPS) is 16.4. The fraction of sp³-hybridized carbons (Fsp3) is 0.278. The number of aryl methyl sites for hydroxylation is 1. The number of carbonyl (C=O) groups excluding carboxylic acids is 1. The number of carbonyl (C=O) groups is 1. The molecule has 1 heterocycles. The minimum Gasteiger partial charge on any atom is -0.492 e. The lowest BCUT2D eigenvalue weighted by Gasteiger charge is -2.24. The van der Waals surface area contributed by atoms with E-state index in [1.807, 2.05) is 12.1 Å². The van der Waals surface area contributed by atoms with Gasteiger partial charge in [0.25, 0.3) is 0 Å². The zero-order valence-corrected chi connectivity index (χ0v) is 13.5. The van der Waals surface area contributed by atoms with Gasteiger partial charge in [-0.05, 0) is 54.3 Å². The van der Waals surface area contributed by atoms with E-state index in [-0.39, 0.29) is 17.6 Å². The Morgan fingerprint density at radius 2 is 2.17 bits per heavy atom. The van der Waals surface area contributed by atoms with Gasteiger partial charge in [-0.15, -0.1) is 0 Å². The van der Waals surface area contributed by atoms with Gasteiger partial charge in [0.1, 0.15) is 18.2 Å². The molecule has 3 nitrogen and oxygen atoms in total. The van der Waals surface area contributed by atoms with Gasteiger partial charge < -0.3 is 10.1 Å². The Balaban J connectivity index is 1.62. The largest absolute Gasteiger partial charge is 0.492 e. The van der Waals surface area contributed by atoms with Crippen LogP contribution in [0.25, 0.3) is 0 Å². The van der Waals surface area contributed by atoms with Gasteiger partial charge in [0.05, 0.1) is 5.92 Å². The zero-order valence-electron chi connectivity index (χ0n) is 12.7. The van der Waals surface area contributed by atoms with Crippen molar-refractivity contribution < 1.29 is 13.9 Å². The van der Waals surface area contributed by atoms with Gasteiger partial charge in [-0.2, -0.15) is 0 Å². The molecule has 0 unspecified atom stereocenters. The summed E-state index contributed by atoms with van der Waals surface area (Å²) >= 11 is 5.99. The molecule has 1 aliphatic heterocycles. The average molecular weight is 334 g/mol. The predicted octanol–water partition coefficient (Wildman–Crippen LogP) is 3.66. The molecule has 0 saturated heterocycles. The van der Waals surface area contributed by atoms with Crippen LogP contribution in [-0.2, 0) is 17.8 Å². The first-order valence-corrected chi connectivity index (χ1v) is 7.84. The molecule has 1 atom stereocenters. The van der Waals surface area contributed by atoms with E-state index in [1.54, 1.807) is 25.1 Å². The first-order chi connectivity index (χ1) is 11.0. The van der Waals surface area contributed by atoms with Crippen LogP contribution in [0.3, 0.4) is 0 Å². The molecule has 0 bridgehead atoms. The highest BCUT2D eigenvalue weighted by molar-refractivity contribution is 6.30. The van der Waals surface area contributed by atoms with Crippen molar-refractivity contribution in [2.45, 2.75) is 19.9 Å². The van der Waals surface area contributed by atoms with Crippen LogP contribution in [0.15, 0.2) is 36.4 Å². The maximum Gasteiger partial charge on any atom is 0.227 e. The second-order valence-corrected chi connectivity index (χ2v) is 6.20. The van der Waals surface area contributed by atoms with E-state index in [1.165, 1.54) is 6.07 Å². The summed E-state index contributed by atoms with van der Waals surface area (Å²) in [7, 11) is 0. The van der Waals surface area contributed by atoms with Crippen LogP contribution in [0, 0.1) is 18.7 Å². The van der Waals surface area contributed by atoms with Crippen LogP contribution in [0.1, 0.15) is 16.7 Å². The summed E-state index contributed by atoms with van der Waals surface area (Å²) in [5, 5.41) is 3.52. The van der Waals surface area contributed by atoms with Crippen LogP contribution in [-0.4, -0.2) is 12.5 Å². The quantitative estimate of drug-likeness (QED) is 0.931. The highest BCUT2D eigenvalue weighted by Crippen LogP contribution is 2.29. The van der Waals surface area contributed by atoms with Crippen molar-refractivity contribution >= 4 is 17.5 Å². The molecule has 2 aromatic rings. The number of ether oxygens (including phenoxy) is 1. The first-order valence-electron chi connectivity index (χ1n) is 7.47. The second-order valence-electron chi connectivity index (χ2n) is 5.77. The van der Waals surface area contributed by atoms with Gasteiger partial charge in [0.2, 0.25) is 5.91 Å². The molecule has 1 N–H and O–H groups in total. The van der Waals surface area contributed by atoms with E-state index in [2.05, 4.69) is 5.32 Å². The SMILES string of the molecule is Cc1cc(CNC(=O)[C@H]2COc3ccc(Cl)cc3C2)ccc1F. The standard InChI is InChI=1S/C18H17ClFNO2/c1-11-6-12(2-4-16(11)20)9-21-18(22)14-7-13-8-15(19)3-5-17(13)23-10-14/h2-6,8,14H,7,9-10H2,1H3,(H,21,22)/t14-/m1/s1. The molecule has 2 aromatic carbocycles. The number of hydrogen-bond acceptors (Lipinski definition) is 2. The lowest BCUT2D eigenvalue weighted by molar-refractivity contribution is -0.126. The number of hydrogen-bond donors (Lipinski definition) is 1. The molecule has 23 heavy (non-hydrogen) atoms. The summed E-state index contributed by atoms with van der Waals surface area (Å²) < 4.78 is 18.9. The van der Waals surface area contributed by atoms with Crippen LogP contribution >= 0.6 is 11.6 Å². The number of rotatable bonds is 3. The van der Waals surface area contributed by atoms with Crippen molar-refractivity contribution in [1.29, 1.82) is 0 Å². The molecule has 0 spiro atoms. The maximum atomic E-state index is 13.2. The van der Waals surface area contributed by atoms with Crippen molar-refractivity contribution in [3.05, 3.63) is 63.9 Å². The third-order valence-corrected chi connectivity index (χ3v) is 4.22. The molecule has 5 heteroatoms. The van der Waals surface area contributed by atoms with Crippen molar-refractivity contribution in [3.8, 4) is 5.75 Å². The van der Waals surface area contributed by atoms with E-state index in [4.69, 9.17) is 16.3 Å². The van der Waals surface area contributed by atoms with Gasteiger partial charge in [-0.25, -0.2) is 4.39 Å². The third-order valence-electron chi connectivity index (χ3n) is 3.99. The Labute approximate surface area is 139 Å². The molecule has 0 aliphatic carbocycles. The molecule has 0 fully saturated rings. The van der Waals surface area contributed by atoms with Crippen LogP contribution in [0.5, 0.6) is 5.75 Å². The van der Waals surface area contributed by atoms with Gasteiger partial charge in [0, 0.05) is 11.6 Å². The predicted molar refractivity (Wildman–Crippen MR) is 87.1 cm³/mol. The van der Waals surface area contributed by atoms with Crippen molar-refractivity contribution in [2.24, 2.45) is 5.92 Å². The Bertz CT molecular complexity index is 748. The second kappa shape index (κ2) is 6.59. The molecule has 3 rings (SSSR count). The monoisotopic (exact) mass is 333 g/mol. The first kappa shape index (κ1) is 15.8. The van der Waals surface area contributed by atoms with Crippen LogP contribution < -0.4 is 10.1 Å². The maximum absolute atomic E-state index is 13.2. The van der Waals surface area contributed by atoms with Crippen LogP contribution in [0.2, 0.25) is 5.02 Å². The highest BCUT2D eigenvalue weighted by atomic mass is 35.5. The summed E-state index contributed by atoms with van der Waals surface area (Å²) in [5.41, 5.74) is 2.39. The lowest BCUT2D eigenvalue weighted by atomic mass is 9.96. The summed E-state index contributed by atoms with van der Waals surface area (Å²) in [6.07, 6.45) is 0.601. The highest BCUT2D eigenvalue weighted by Gasteiger charge is 2.26. The smallest absolute Gasteiger partial charge is 0.227 e. The molecule has 0 radical (unpaired) electrons. The van der Waals surface area contributed by atoms with Gasteiger partial charge in [-0.3, -0.25) is 4.79 Å². The fourth-order valence-electron chi connectivity index (χ4n) is 2.68. The van der Waals surface area contributed by atoms with Gasteiger partial charge >= 0.3 is 0 Å². The van der Waals surface area contributed by atoms with Gasteiger partial charge in [0.15, 0.2) is 0 Å². The fourth-order valence-corrected chi connectivity index (χ4v) is 2.88. The third kappa shape index (κ3) is 3.64. The Morgan fingerprint density at radius 3 is 2.96 bits per heavy atom. The van der Waals surface area contributed by atoms with Crippen molar-refractivity contribution in [2.75, 3.05) is 6.61 Å². The topological polar surface area (TPSA) is 38.3 Å². The summed E-state index contributed by atoms with van der Waals surface area (Å²) in [5.74, 6) is 0.224. The van der Waals surface area contributed by atoms with Crippen LogP contribution in [0.4, 0.5) is 4.39 Å². The molecule has 1 amide bonds. The van der Waals surface area contributed by atoms with Crippen molar-refractivity contribution in [1.82, 2.24) is 5.32 Å². The Morgan fingerprint density at radius 1 is 1.35 bits per heavy atom. The lowest BCUT2D eigenvalue weighted by Crippen LogP contribution is -2.37. The average Bonchev–Trinajstić information content (AvgIpc) is 2.55. The number of amides is 1. The molecule has 120 valence electrons. The molecular formula is C18H17ClFNO2. The van der Waals surface area contributed by atoms with E-state index >= 15 is 0 Å². The van der Waals surface area contributed by atoms with E-state index in [0.717, 1.165) is 16.9 Å². The van der Waals surface area contributed by atoms with Gasteiger partial charge in [-0.1, -0.05) is 23.7 Å². The minimum atomic E-state index is -0.248. The summed E-state index contributed by atoms with van der Waals surface area (Å²) in [6, 6.07) is 10.3. The Kier molecular flexibility index (Phi) is 4.53. The van der Waals surface area contributed by atoms with E-state index in [9.17, 15) is 9.18 Å². The van der Waals surface area contributed by atoms with E-state index < -0.39 is 0 Å². The molecular weight excluding hydrogens is 317 g/mol. The zero-order chi connectivity index (χ0) is 16.4. The minimum absolute atomic E-state index is 0.0717. The molecule has 0 saturated carbocycles. The van der Waals surface area contributed by atoms with E-state index in [0.29, 0.717) is 30.2 Å². The Hall–Kier alpha value is -2.07. The summed E-state index contributed by atoms with van der Waals surface area (Å²) in [6.45, 7) is 2.43. The molecule has 1 aliphatic rings. The van der Waals surface area contributed by atoms with Crippen molar-refractivity contribution in [3.63, 3.8) is 0 Å². The molecule has 0 aromatic heterocycles. The number of fused-ring (bicyclic) bond motifs is 1. The number of halogens is 2.